The minimum Gasteiger partial charge on any atom is -0.351 e. The Balaban J connectivity index is 2.10. The molecule has 0 fully saturated rings. The van der Waals surface area contributed by atoms with Crippen molar-refractivity contribution in [2.75, 3.05) is 0 Å². The van der Waals surface area contributed by atoms with E-state index in [0.29, 0.717) is 21.3 Å². The highest BCUT2D eigenvalue weighted by Crippen LogP contribution is 2.33. The molecular weight excluding hydrogens is 328 g/mol. The van der Waals surface area contributed by atoms with Gasteiger partial charge < -0.3 is 10.6 Å². The Labute approximate surface area is 145 Å². The smallest absolute Gasteiger partial charge is 0.193 e. The van der Waals surface area contributed by atoms with Crippen LogP contribution in [0.4, 0.5) is 0 Å². The van der Waals surface area contributed by atoms with Gasteiger partial charge in [-0.25, -0.2) is 0 Å². The van der Waals surface area contributed by atoms with E-state index < -0.39 is 0 Å². The summed E-state index contributed by atoms with van der Waals surface area (Å²) in [5.74, 6) is -0.0458. The number of nitrogens with one attached hydrogen (secondary N) is 2. The molecule has 0 aromatic heterocycles. The van der Waals surface area contributed by atoms with Crippen LogP contribution in [0.1, 0.15) is 28.9 Å². The Morgan fingerprint density at radius 3 is 2.43 bits per heavy atom. The second-order valence-electron chi connectivity index (χ2n) is 5.29. The topological polar surface area (TPSA) is 41.1 Å². The molecule has 1 atom stereocenters. The SMILES string of the molecule is CC1=C(C(=O)c2ccccc2)[C@@H](c2ccccc2Cl)NC(=S)N1. The first-order chi connectivity index (χ1) is 11.1. The van der Waals surface area contributed by atoms with Gasteiger partial charge >= 0.3 is 0 Å². The molecule has 116 valence electrons. The van der Waals surface area contributed by atoms with Crippen LogP contribution < -0.4 is 10.6 Å². The van der Waals surface area contributed by atoms with Crippen molar-refractivity contribution >= 4 is 34.7 Å². The molecule has 0 amide bonds. The largest absolute Gasteiger partial charge is 0.351 e. The third-order valence-electron chi connectivity index (χ3n) is 3.77. The number of ketones is 1. The molecule has 1 heterocycles. The van der Waals surface area contributed by atoms with Crippen molar-refractivity contribution in [3.8, 4) is 0 Å². The summed E-state index contributed by atoms with van der Waals surface area (Å²) in [5, 5.41) is 7.28. The second kappa shape index (κ2) is 6.52. The van der Waals surface area contributed by atoms with Gasteiger partial charge in [0, 0.05) is 21.9 Å². The lowest BCUT2D eigenvalue weighted by atomic mass is 9.89. The Morgan fingerprint density at radius 2 is 1.74 bits per heavy atom. The number of carbonyl (C=O) groups excluding carboxylic acids is 1. The summed E-state index contributed by atoms with van der Waals surface area (Å²) in [6.07, 6.45) is 0. The molecule has 3 nitrogen and oxygen atoms in total. The zero-order valence-corrected chi connectivity index (χ0v) is 14.0. The second-order valence-corrected chi connectivity index (χ2v) is 6.10. The van der Waals surface area contributed by atoms with E-state index >= 15 is 0 Å². The number of thiocarbonyl (C=S) groups is 1. The lowest BCUT2D eigenvalue weighted by molar-refractivity contribution is 0.102. The quantitative estimate of drug-likeness (QED) is 0.653. The predicted molar refractivity (Wildman–Crippen MR) is 96.5 cm³/mol. The summed E-state index contributed by atoms with van der Waals surface area (Å²) < 4.78 is 0. The zero-order valence-electron chi connectivity index (χ0n) is 12.5. The van der Waals surface area contributed by atoms with Gasteiger partial charge in [0.2, 0.25) is 0 Å². The lowest BCUT2D eigenvalue weighted by Crippen LogP contribution is -2.45. The highest BCUT2D eigenvalue weighted by Gasteiger charge is 2.31. The maximum Gasteiger partial charge on any atom is 0.193 e. The summed E-state index contributed by atoms with van der Waals surface area (Å²) >= 11 is 11.6. The average Bonchev–Trinajstić information content (AvgIpc) is 2.55. The van der Waals surface area contributed by atoms with Gasteiger partial charge in [0.1, 0.15) is 0 Å². The Morgan fingerprint density at radius 1 is 1.09 bits per heavy atom. The minimum absolute atomic E-state index is 0.0458. The first kappa shape index (κ1) is 15.7. The highest BCUT2D eigenvalue weighted by molar-refractivity contribution is 7.80. The summed E-state index contributed by atoms with van der Waals surface area (Å²) in [7, 11) is 0. The van der Waals surface area contributed by atoms with Crippen molar-refractivity contribution in [3.63, 3.8) is 0 Å². The van der Waals surface area contributed by atoms with E-state index in [1.807, 2.05) is 49.4 Å². The first-order valence-corrected chi connectivity index (χ1v) is 7.99. The molecule has 0 aliphatic carbocycles. The molecule has 5 heteroatoms. The van der Waals surface area contributed by atoms with Crippen LogP contribution in [0.5, 0.6) is 0 Å². The van der Waals surface area contributed by atoms with Crippen LogP contribution in [0.25, 0.3) is 0 Å². The van der Waals surface area contributed by atoms with Gasteiger partial charge in [0.15, 0.2) is 10.9 Å². The maximum atomic E-state index is 13.0. The van der Waals surface area contributed by atoms with Crippen molar-refractivity contribution in [1.29, 1.82) is 0 Å². The average molecular weight is 343 g/mol. The molecular formula is C18H15ClN2OS. The molecule has 1 aliphatic rings. The van der Waals surface area contributed by atoms with Crippen molar-refractivity contribution in [2.24, 2.45) is 0 Å². The summed E-state index contributed by atoms with van der Waals surface area (Å²) in [6.45, 7) is 1.85. The van der Waals surface area contributed by atoms with Gasteiger partial charge in [0.25, 0.3) is 0 Å². The lowest BCUT2D eigenvalue weighted by Gasteiger charge is -2.30. The molecule has 0 saturated heterocycles. The Hall–Kier alpha value is -2.17. The number of hydrogen-bond donors (Lipinski definition) is 2. The van der Waals surface area contributed by atoms with Gasteiger partial charge in [-0.2, -0.15) is 0 Å². The minimum atomic E-state index is -0.370. The number of carbonyl (C=O) groups is 1. The summed E-state index contributed by atoms with van der Waals surface area (Å²) in [6, 6.07) is 16.3. The van der Waals surface area contributed by atoms with Crippen LogP contribution >= 0.6 is 23.8 Å². The standard InChI is InChI=1S/C18H15ClN2OS/c1-11-15(17(22)12-7-3-2-4-8-12)16(21-18(23)20-11)13-9-5-6-10-14(13)19/h2-10,16H,1H3,(H2,20,21,23)/t16-/m1/s1. The fourth-order valence-electron chi connectivity index (χ4n) is 2.68. The van der Waals surface area contributed by atoms with Crippen LogP contribution in [0.2, 0.25) is 5.02 Å². The first-order valence-electron chi connectivity index (χ1n) is 7.20. The van der Waals surface area contributed by atoms with E-state index in [-0.39, 0.29) is 11.8 Å². The summed E-state index contributed by atoms with van der Waals surface area (Å²) in [5.41, 5.74) is 2.83. The van der Waals surface area contributed by atoms with Gasteiger partial charge in [-0.1, -0.05) is 60.1 Å². The van der Waals surface area contributed by atoms with E-state index in [9.17, 15) is 4.79 Å². The molecule has 0 spiro atoms. The molecule has 2 N–H and O–H groups in total. The molecule has 2 aromatic carbocycles. The normalized spacial score (nSPS) is 17.5. The molecule has 3 rings (SSSR count). The molecule has 0 saturated carbocycles. The maximum absolute atomic E-state index is 13.0. The molecule has 0 unspecified atom stereocenters. The van der Waals surface area contributed by atoms with E-state index in [1.165, 1.54) is 0 Å². The summed E-state index contributed by atoms with van der Waals surface area (Å²) in [4.78, 5) is 13.0. The van der Waals surface area contributed by atoms with Gasteiger partial charge in [-0.3, -0.25) is 4.79 Å². The van der Waals surface area contributed by atoms with E-state index in [4.69, 9.17) is 23.8 Å². The van der Waals surface area contributed by atoms with Crippen LogP contribution in [-0.4, -0.2) is 10.9 Å². The molecule has 0 bridgehead atoms. The number of benzene rings is 2. The van der Waals surface area contributed by atoms with Gasteiger partial charge in [-0.05, 0) is 30.8 Å². The van der Waals surface area contributed by atoms with Crippen molar-refractivity contribution in [1.82, 2.24) is 10.6 Å². The predicted octanol–water partition coefficient (Wildman–Crippen LogP) is 4.02. The third kappa shape index (κ3) is 3.14. The van der Waals surface area contributed by atoms with Gasteiger partial charge in [-0.15, -0.1) is 0 Å². The number of hydrogen-bond acceptors (Lipinski definition) is 2. The van der Waals surface area contributed by atoms with Crippen LogP contribution in [-0.2, 0) is 0 Å². The number of Topliss-reactive ketones (excluding diaryl/α,β-unsaturated/α-hetero) is 1. The number of rotatable bonds is 3. The zero-order chi connectivity index (χ0) is 16.4. The van der Waals surface area contributed by atoms with E-state index in [2.05, 4.69) is 10.6 Å². The fraction of sp³-hybridized carbons (Fsp3) is 0.111. The molecule has 23 heavy (non-hydrogen) atoms. The third-order valence-corrected chi connectivity index (χ3v) is 4.33. The Kier molecular flexibility index (Phi) is 4.46. The van der Waals surface area contributed by atoms with Crippen LogP contribution in [0.15, 0.2) is 65.9 Å². The monoisotopic (exact) mass is 342 g/mol. The van der Waals surface area contributed by atoms with E-state index in [1.54, 1.807) is 12.1 Å². The van der Waals surface area contributed by atoms with E-state index in [0.717, 1.165) is 11.3 Å². The highest BCUT2D eigenvalue weighted by atomic mass is 35.5. The molecule has 2 aromatic rings. The molecule has 1 aliphatic heterocycles. The van der Waals surface area contributed by atoms with Crippen LogP contribution in [0, 0.1) is 0 Å². The fourth-order valence-corrected chi connectivity index (χ4v) is 3.20. The van der Waals surface area contributed by atoms with Gasteiger partial charge in [0.05, 0.1) is 6.04 Å². The van der Waals surface area contributed by atoms with Crippen molar-refractivity contribution in [2.45, 2.75) is 13.0 Å². The van der Waals surface area contributed by atoms with Crippen molar-refractivity contribution < 1.29 is 4.79 Å². The number of allylic oxidation sites excluding steroid dienone is 1. The van der Waals surface area contributed by atoms with Crippen molar-refractivity contribution in [3.05, 3.63) is 82.0 Å². The molecule has 0 radical (unpaired) electrons. The Bertz CT molecular complexity index is 802. The number of halogens is 1. The van der Waals surface area contributed by atoms with Crippen LogP contribution in [0.3, 0.4) is 0 Å².